The Labute approximate surface area is 145 Å². The zero-order chi connectivity index (χ0) is 18.4. The number of amides is 2. The molecular weight excluding hydrogens is 350 g/mol. The molecule has 0 unspecified atom stereocenters. The maximum atomic E-state index is 13.2. The summed E-state index contributed by atoms with van der Waals surface area (Å²) in [7, 11) is -1.37. The molecule has 132 valence electrons. The first-order valence-corrected chi connectivity index (χ1v) is 8.68. The van der Waals surface area contributed by atoms with Crippen LogP contribution in [0.15, 0.2) is 53.4 Å². The molecule has 0 aliphatic rings. The smallest absolute Gasteiger partial charge is 0.252 e. The summed E-state index contributed by atoms with van der Waals surface area (Å²) in [6.45, 7) is 0. The second-order valence-electron chi connectivity index (χ2n) is 5.24. The number of primary amides is 1. The molecule has 25 heavy (non-hydrogen) atoms. The van der Waals surface area contributed by atoms with Gasteiger partial charge < -0.3 is 11.1 Å². The summed E-state index contributed by atoms with van der Waals surface area (Å²) in [6, 6.07) is 9.84. The molecule has 0 fully saturated rings. The molecule has 2 rings (SSSR count). The lowest BCUT2D eigenvalue weighted by molar-refractivity contribution is -0.119. The van der Waals surface area contributed by atoms with E-state index in [1.54, 1.807) is 30.3 Å². The number of nitrogens with two attached hydrogens (primary N) is 1. The van der Waals surface area contributed by atoms with Crippen LogP contribution in [0.4, 0.5) is 8.78 Å². The van der Waals surface area contributed by atoms with E-state index in [0.29, 0.717) is 11.0 Å². The molecule has 2 atom stereocenters. The number of halogens is 2. The van der Waals surface area contributed by atoms with Gasteiger partial charge in [0.05, 0.1) is 10.8 Å². The van der Waals surface area contributed by atoms with Crippen LogP contribution in [0.5, 0.6) is 0 Å². The number of nitrogens with one attached hydrogen (secondary N) is 1. The van der Waals surface area contributed by atoms with Crippen molar-refractivity contribution in [1.29, 1.82) is 0 Å². The van der Waals surface area contributed by atoms with Gasteiger partial charge in [-0.05, 0) is 30.7 Å². The van der Waals surface area contributed by atoms with Gasteiger partial charge in [-0.3, -0.25) is 13.8 Å². The van der Waals surface area contributed by atoms with E-state index in [1.807, 2.05) is 0 Å². The van der Waals surface area contributed by atoms with E-state index in [-0.39, 0.29) is 17.7 Å². The molecule has 0 radical (unpaired) electrons. The van der Waals surface area contributed by atoms with Crippen molar-refractivity contribution in [3.8, 4) is 0 Å². The molecule has 0 saturated heterocycles. The quantitative estimate of drug-likeness (QED) is 0.782. The van der Waals surface area contributed by atoms with Crippen LogP contribution in [0.2, 0.25) is 0 Å². The maximum Gasteiger partial charge on any atom is 0.252 e. The largest absolute Gasteiger partial charge is 0.368 e. The van der Waals surface area contributed by atoms with E-state index < -0.39 is 40.3 Å². The number of hydrogen-bond donors (Lipinski definition) is 2. The van der Waals surface area contributed by atoms with Gasteiger partial charge in [-0.1, -0.05) is 18.2 Å². The van der Waals surface area contributed by atoms with E-state index in [4.69, 9.17) is 5.73 Å². The first-order valence-electron chi connectivity index (χ1n) is 7.36. The summed E-state index contributed by atoms with van der Waals surface area (Å²) in [5, 5.41) is 2.31. The fourth-order valence-electron chi connectivity index (χ4n) is 2.13. The molecule has 8 heteroatoms. The predicted octanol–water partition coefficient (Wildman–Crippen LogP) is 1.75. The maximum absolute atomic E-state index is 13.2. The summed E-state index contributed by atoms with van der Waals surface area (Å²) in [5.41, 5.74) is 4.98. The average molecular weight is 366 g/mol. The molecule has 0 aromatic heterocycles. The van der Waals surface area contributed by atoms with Gasteiger partial charge in [0.25, 0.3) is 5.91 Å². The van der Waals surface area contributed by atoms with E-state index in [9.17, 15) is 22.6 Å². The Bertz CT molecular complexity index is 779. The molecule has 0 heterocycles. The molecule has 2 aromatic rings. The fourth-order valence-corrected chi connectivity index (χ4v) is 3.27. The monoisotopic (exact) mass is 366 g/mol. The van der Waals surface area contributed by atoms with E-state index in [2.05, 4.69) is 5.32 Å². The Balaban J connectivity index is 2.02. The summed E-state index contributed by atoms with van der Waals surface area (Å²) in [4.78, 5) is 24.1. The fraction of sp³-hybridized carbons (Fsp3) is 0.176. The second kappa shape index (κ2) is 8.48. The van der Waals surface area contributed by atoms with Crippen LogP contribution in [0, 0.1) is 11.6 Å². The Kier molecular flexibility index (Phi) is 6.35. The summed E-state index contributed by atoms with van der Waals surface area (Å²) in [6.07, 6.45) is 0.0282. The van der Waals surface area contributed by atoms with E-state index >= 15 is 0 Å². The Morgan fingerprint density at radius 3 is 2.24 bits per heavy atom. The topological polar surface area (TPSA) is 89.3 Å². The van der Waals surface area contributed by atoms with E-state index in [1.165, 1.54) is 0 Å². The Hall–Kier alpha value is -2.61. The van der Waals surface area contributed by atoms with Crippen molar-refractivity contribution in [2.24, 2.45) is 5.73 Å². The number of carbonyl (C=O) groups is 2. The second-order valence-corrected chi connectivity index (χ2v) is 6.81. The zero-order valence-electron chi connectivity index (χ0n) is 13.1. The van der Waals surface area contributed by atoms with Crippen molar-refractivity contribution < 1.29 is 22.6 Å². The number of benzene rings is 2. The van der Waals surface area contributed by atoms with Crippen LogP contribution in [-0.4, -0.2) is 27.8 Å². The first kappa shape index (κ1) is 18.7. The lowest BCUT2D eigenvalue weighted by Crippen LogP contribution is -2.45. The van der Waals surface area contributed by atoms with Crippen molar-refractivity contribution in [3.63, 3.8) is 0 Å². The molecule has 0 aliphatic heterocycles. The molecule has 3 N–H and O–H groups in total. The summed E-state index contributed by atoms with van der Waals surface area (Å²) < 4.78 is 38.5. The van der Waals surface area contributed by atoms with Gasteiger partial charge in [-0.15, -0.1) is 0 Å². The van der Waals surface area contributed by atoms with Crippen molar-refractivity contribution in [2.75, 3.05) is 5.75 Å². The van der Waals surface area contributed by atoms with Crippen molar-refractivity contribution in [2.45, 2.75) is 17.4 Å². The highest BCUT2D eigenvalue weighted by Crippen LogP contribution is 2.10. The normalized spacial score (nSPS) is 13.0. The first-order chi connectivity index (χ1) is 11.9. The standard InChI is InChI=1S/C17H16F2N2O3S/c18-12-8-11(9-13(19)10-12)17(23)21-15(16(20)22)6-7-25(24)14-4-2-1-3-5-14/h1-5,8-10,15H,6-7H2,(H2,20,22)(H,21,23)/t15-,25-/m0/s1. The third-order valence-electron chi connectivity index (χ3n) is 3.37. The molecule has 0 aliphatic carbocycles. The molecule has 0 saturated carbocycles. The summed E-state index contributed by atoms with van der Waals surface area (Å²) in [5.74, 6) is -3.39. The molecule has 0 bridgehead atoms. The predicted molar refractivity (Wildman–Crippen MR) is 89.1 cm³/mol. The number of rotatable bonds is 7. The van der Waals surface area contributed by atoms with Gasteiger partial charge in [0, 0.05) is 22.3 Å². The van der Waals surface area contributed by atoms with Crippen LogP contribution in [0.3, 0.4) is 0 Å². The average Bonchev–Trinajstić information content (AvgIpc) is 2.57. The highest BCUT2D eigenvalue weighted by atomic mass is 32.2. The lowest BCUT2D eigenvalue weighted by Gasteiger charge is -2.15. The third kappa shape index (κ3) is 5.46. The minimum absolute atomic E-state index is 0.0282. The SMILES string of the molecule is NC(=O)[C@H](CC[S@](=O)c1ccccc1)NC(=O)c1cc(F)cc(F)c1. The molecule has 0 spiro atoms. The van der Waals surface area contributed by atoms with Gasteiger partial charge in [0.15, 0.2) is 0 Å². The lowest BCUT2D eigenvalue weighted by atomic mass is 10.1. The highest BCUT2D eigenvalue weighted by Gasteiger charge is 2.21. The molecule has 2 aromatic carbocycles. The van der Waals surface area contributed by atoms with Gasteiger partial charge in [-0.2, -0.15) is 0 Å². The van der Waals surface area contributed by atoms with Crippen LogP contribution in [0.1, 0.15) is 16.8 Å². The van der Waals surface area contributed by atoms with Crippen LogP contribution < -0.4 is 11.1 Å². The van der Waals surface area contributed by atoms with Gasteiger partial charge >= 0.3 is 0 Å². The van der Waals surface area contributed by atoms with Gasteiger partial charge in [0.2, 0.25) is 5.91 Å². The minimum Gasteiger partial charge on any atom is -0.368 e. The number of hydrogen-bond acceptors (Lipinski definition) is 3. The Morgan fingerprint density at radius 1 is 1.08 bits per heavy atom. The van der Waals surface area contributed by atoms with Crippen molar-refractivity contribution >= 4 is 22.6 Å². The van der Waals surface area contributed by atoms with Crippen molar-refractivity contribution in [1.82, 2.24) is 5.32 Å². The van der Waals surface area contributed by atoms with Crippen molar-refractivity contribution in [3.05, 3.63) is 65.7 Å². The van der Waals surface area contributed by atoms with Crippen LogP contribution in [-0.2, 0) is 15.6 Å². The van der Waals surface area contributed by atoms with E-state index in [0.717, 1.165) is 12.1 Å². The number of carbonyl (C=O) groups excluding carboxylic acids is 2. The van der Waals surface area contributed by atoms with Crippen LogP contribution in [0.25, 0.3) is 0 Å². The highest BCUT2D eigenvalue weighted by molar-refractivity contribution is 7.85. The summed E-state index contributed by atoms with van der Waals surface area (Å²) >= 11 is 0. The third-order valence-corrected chi connectivity index (χ3v) is 4.78. The van der Waals surface area contributed by atoms with Gasteiger partial charge in [-0.25, -0.2) is 8.78 Å². The Morgan fingerprint density at radius 2 is 1.68 bits per heavy atom. The van der Waals surface area contributed by atoms with Crippen LogP contribution >= 0.6 is 0 Å². The molecule has 2 amide bonds. The minimum atomic E-state index is -1.37. The molecule has 5 nitrogen and oxygen atoms in total. The zero-order valence-corrected chi connectivity index (χ0v) is 13.9. The van der Waals surface area contributed by atoms with Gasteiger partial charge in [0.1, 0.15) is 17.7 Å². The molecular formula is C17H16F2N2O3S.